The number of carbonyl (C=O) groups is 2. The van der Waals surface area contributed by atoms with E-state index in [9.17, 15) is 9.59 Å². The average molecular weight is 369 g/mol. The second-order valence-electron chi connectivity index (χ2n) is 6.39. The minimum Gasteiger partial charge on any atom is -0.323 e. The van der Waals surface area contributed by atoms with Crippen LogP contribution in [0.1, 0.15) is 42.5 Å². The first-order valence-corrected chi connectivity index (χ1v) is 9.15. The Morgan fingerprint density at radius 2 is 1.38 bits per heavy atom. The van der Waals surface area contributed by atoms with Gasteiger partial charge in [-0.2, -0.15) is 0 Å². The maximum atomic E-state index is 12.2. The first-order valence-electron chi connectivity index (χ1n) is 8.77. The van der Waals surface area contributed by atoms with Crippen molar-refractivity contribution >= 4 is 34.8 Å². The van der Waals surface area contributed by atoms with Crippen LogP contribution in [0, 0.1) is 0 Å². The van der Waals surface area contributed by atoms with Crippen molar-refractivity contribution in [1.29, 1.82) is 0 Å². The molecule has 2 aromatic carbocycles. The number of nitrogens with one attached hydrogen (secondary N) is 2. The van der Waals surface area contributed by atoms with E-state index < -0.39 is 0 Å². The van der Waals surface area contributed by atoms with Crippen LogP contribution < -0.4 is 10.6 Å². The van der Waals surface area contributed by atoms with E-state index in [4.69, 9.17) is 11.6 Å². The fraction of sp³-hybridized carbons (Fsp3) is 0.238. The zero-order valence-corrected chi connectivity index (χ0v) is 15.2. The first kappa shape index (κ1) is 18.2. The molecule has 0 atom stereocenters. The third kappa shape index (κ3) is 5.20. The molecule has 1 aliphatic carbocycles. The third-order valence-corrected chi connectivity index (χ3v) is 4.60. The van der Waals surface area contributed by atoms with Gasteiger partial charge in [-0.25, -0.2) is 0 Å². The Balaban J connectivity index is 1.57. The smallest absolute Gasteiger partial charge is 0.255 e. The summed E-state index contributed by atoms with van der Waals surface area (Å²) in [6.45, 7) is 0. The van der Waals surface area contributed by atoms with E-state index in [-0.39, 0.29) is 11.8 Å². The van der Waals surface area contributed by atoms with Crippen molar-refractivity contribution in [2.45, 2.75) is 32.1 Å². The molecule has 1 saturated carbocycles. The van der Waals surface area contributed by atoms with Crippen LogP contribution in [0.15, 0.2) is 60.2 Å². The zero-order valence-electron chi connectivity index (χ0n) is 14.4. The molecule has 0 radical (unpaired) electrons. The molecule has 2 N–H and O–H groups in total. The molecule has 2 amide bonds. The van der Waals surface area contributed by atoms with Gasteiger partial charge in [0.1, 0.15) is 0 Å². The molecule has 3 rings (SSSR count). The maximum Gasteiger partial charge on any atom is 0.255 e. The molecular formula is C21H21ClN2O2. The molecule has 26 heavy (non-hydrogen) atoms. The third-order valence-electron chi connectivity index (χ3n) is 4.35. The number of halogens is 1. The monoisotopic (exact) mass is 368 g/mol. The van der Waals surface area contributed by atoms with Crippen molar-refractivity contribution in [2.75, 3.05) is 10.6 Å². The summed E-state index contributed by atoms with van der Waals surface area (Å²) in [5, 5.41) is 6.27. The van der Waals surface area contributed by atoms with Gasteiger partial charge in [0, 0.05) is 28.0 Å². The molecule has 0 aromatic heterocycles. The van der Waals surface area contributed by atoms with Crippen LogP contribution in [-0.2, 0) is 4.79 Å². The second kappa shape index (κ2) is 8.68. The number of allylic oxidation sites excluding steroid dienone is 1. The molecule has 0 spiro atoms. The lowest BCUT2D eigenvalue weighted by Crippen LogP contribution is -2.12. The molecule has 0 aliphatic heterocycles. The van der Waals surface area contributed by atoms with E-state index in [1.54, 1.807) is 54.6 Å². The summed E-state index contributed by atoms with van der Waals surface area (Å²) < 4.78 is 0. The predicted molar refractivity (Wildman–Crippen MR) is 106 cm³/mol. The van der Waals surface area contributed by atoms with Crippen LogP contribution >= 0.6 is 11.6 Å². The van der Waals surface area contributed by atoms with Gasteiger partial charge in [0.05, 0.1) is 0 Å². The quantitative estimate of drug-likeness (QED) is 0.708. The number of benzene rings is 2. The van der Waals surface area contributed by atoms with Crippen LogP contribution in [0.4, 0.5) is 11.4 Å². The summed E-state index contributed by atoms with van der Waals surface area (Å²) in [4.78, 5) is 24.3. The van der Waals surface area contributed by atoms with Crippen LogP contribution in [-0.4, -0.2) is 11.8 Å². The SMILES string of the molecule is O=C(C=C1CCCCC1)Nc1ccc(NC(=O)c2ccc(Cl)cc2)cc1. The lowest BCUT2D eigenvalue weighted by Gasteiger charge is -2.13. The van der Waals surface area contributed by atoms with Gasteiger partial charge in [-0.05, 0) is 74.2 Å². The number of rotatable bonds is 4. The Bertz CT molecular complexity index is 803. The van der Waals surface area contributed by atoms with Gasteiger partial charge in [-0.3, -0.25) is 9.59 Å². The van der Waals surface area contributed by atoms with Gasteiger partial charge in [-0.1, -0.05) is 23.6 Å². The summed E-state index contributed by atoms with van der Waals surface area (Å²) >= 11 is 5.83. The van der Waals surface area contributed by atoms with Crippen LogP contribution in [0.2, 0.25) is 5.02 Å². The van der Waals surface area contributed by atoms with E-state index in [1.165, 1.54) is 24.8 Å². The van der Waals surface area contributed by atoms with Crippen LogP contribution in [0.25, 0.3) is 0 Å². The van der Waals surface area contributed by atoms with Gasteiger partial charge in [0.15, 0.2) is 0 Å². The largest absolute Gasteiger partial charge is 0.323 e. The molecule has 2 aromatic rings. The summed E-state index contributed by atoms with van der Waals surface area (Å²) in [6.07, 6.45) is 7.34. The van der Waals surface area contributed by atoms with Crippen LogP contribution in [0.5, 0.6) is 0 Å². The molecule has 1 aliphatic rings. The number of hydrogen-bond acceptors (Lipinski definition) is 2. The molecule has 0 bridgehead atoms. The van der Waals surface area contributed by atoms with E-state index in [0.717, 1.165) is 12.8 Å². The maximum absolute atomic E-state index is 12.2. The fourth-order valence-electron chi connectivity index (χ4n) is 2.96. The number of carbonyl (C=O) groups excluding carboxylic acids is 2. The molecule has 0 heterocycles. The van der Waals surface area contributed by atoms with E-state index in [2.05, 4.69) is 10.6 Å². The Hall–Kier alpha value is -2.59. The minimum atomic E-state index is -0.208. The van der Waals surface area contributed by atoms with Gasteiger partial charge in [0.2, 0.25) is 5.91 Å². The van der Waals surface area contributed by atoms with Crippen molar-refractivity contribution in [2.24, 2.45) is 0 Å². The number of amides is 2. The summed E-state index contributed by atoms with van der Waals surface area (Å²) in [5.74, 6) is -0.305. The predicted octanol–water partition coefficient (Wildman–Crippen LogP) is 5.42. The first-order chi connectivity index (χ1) is 12.6. The Labute approximate surface area is 158 Å². The van der Waals surface area contributed by atoms with E-state index in [0.29, 0.717) is 22.0 Å². The molecule has 0 unspecified atom stereocenters. The van der Waals surface area contributed by atoms with E-state index in [1.807, 2.05) is 0 Å². The highest BCUT2D eigenvalue weighted by molar-refractivity contribution is 6.30. The molecule has 4 nitrogen and oxygen atoms in total. The fourth-order valence-corrected chi connectivity index (χ4v) is 3.08. The zero-order chi connectivity index (χ0) is 18.4. The Morgan fingerprint density at radius 3 is 2.00 bits per heavy atom. The van der Waals surface area contributed by atoms with Gasteiger partial charge >= 0.3 is 0 Å². The lowest BCUT2D eigenvalue weighted by atomic mass is 9.94. The minimum absolute atomic E-state index is 0.0974. The highest BCUT2D eigenvalue weighted by Crippen LogP contribution is 2.23. The Morgan fingerprint density at radius 1 is 0.808 bits per heavy atom. The van der Waals surface area contributed by atoms with Crippen LogP contribution in [0.3, 0.4) is 0 Å². The van der Waals surface area contributed by atoms with Gasteiger partial charge in [-0.15, -0.1) is 0 Å². The highest BCUT2D eigenvalue weighted by Gasteiger charge is 2.08. The standard InChI is InChI=1S/C21H21ClN2O2/c22-17-8-6-16(7-9-17)21(26)24-19-12-10-18(11-13-19)23-20(25)14-15-4-2-1-3-5-15/h6-14H,1-5H2,(H,23,25)(H,24,26). The van der Waals surface area contributed by atoms with Gasteiger partial charge < -0.3 is 10.6 Å². The van der Waals surface area contributed by atoms with E-state index >= 15 is 0 Å². The van der Waals surface area contributed by atoms with Crippen molar-refractivity contribution in [1.82, 2.24) is 0 Å². The number of anilines is 2. The lowest BCUT2D eigenvalue weighted by molar-refractivity contribution is -0.112. The summed E-state index contributed by atoms with van der Waals surface area (Å²) in [6, 6.07) is 13.8. The van der Waals surface area contributed by atoms with Crippen molar-refractivity contribution in [3.63, 3.8) is 0 Å². The van der Waals surface area contributed by atoms with Crippen molar-refractivity contribution in [3.05, 3.63) is 70.8 Å². The molecule has 1 fully saturated rings. The molecule has 5 heteroatoms. The average Bonchev–Trinajstić information content (AvgIpc) is 2.64. The normalized spacial score (nSPS) is 13.8. The molecule has 134 valence electrons. The molecule has 0 saturated heterocycles. The van der Waals surface area contributed by atoms with Crippen molar-refractivity contribution in [3.8, 4) is 0 Å². The summed E-state index contributed by atoms with van der Waals surface area (Å²) in [7, 11) is 0. The molecular weight excluding hydrogens is 348 g/mol. The summed E-state index contributed by atoms with van der Waals surface area (Å²) in [5.41, 5.74) is 3.12. The second-order valence-corrected chi connectivity index (χ2v) is 6.83. The Kier molecular flexibility index (Phi) is 6.08. The highest BCUT2D eigenvalue weighted by atomic mass is 35.5. The topological polar surface area (TPSA) is 58.2 Å². The van der Waals surface area contributed by atoms with Crippen molar-refractivity contribution < 1.29 is 9.59 Å². The number of hydrogen-bond donors (Lipinski definition) is 2. The van der Waals surface area contributed by atoms with Gasteiger partial charge in [0.25, 0.3) is 5.91 Å².